The van der Waals surface area contributed by atoms with Crippen LogP contribution in [0.2, 0.25) is 5.02 Å². The van der Waals surface area contributed by atoms with Crippen LogP contribution < -0.4 is 14.8 Å². The van der Waals surface area contributed by atoms with Gasteiger partial charge in [0.25, 0.3) is 0 Å². The molecule has 0 aromatic heterocycles. The van der Waals surface area contributed by atoms with E-state index in [-0.39, 0.29) is 6.04 Å². The maximum absolute atomic E-state index is 6.33. The van der Waals surface area contributed by atoms with Gasteiger partial charge in [0.2, 0.25) is 0 Å². The number of halogens is 1. The molecule has 0 fully saturated rings. The van der Waals surface area contributed by atoms with Gasteiger partial charge in [-0.05, 0) is 62.3 Å². The normalized spacial score (nSPS) is 16.0. The highest BCUT2D eigenvalue weighted by molar-refractivity contribution is 6.31. The Morgan fingerprint density at radius 1 is 1.16 bits per heavy atom. The van der Waals surface area contributed by atoms with E-state index in [1.165, 1.54) is 11.1 Å². The summed E-state index contributed by atoms with van der Waals surface area (Å²) in [7, 11) is 7.47. The van der Waals surface area contributed by atoms with Crippen molar-refractivity contribution in [3.05, 3.63) is 52.0 Å². The van der Waals surface area contributed by atoms with Crippen molar-refractivity contribution in [2.75, 3.05) is 33.6 Å². The fourth-order valence-corrected chi connectivity index (χ4v) is 3.69. The molecule has 0 bridgehead atoms. The van der Waals surface area contributed by atoms with Crippen LogP contribution in [0.25, 0.3) is 0 Å². The van der Waals surface area contributed by atoms with E-state index in [1.807, 2.05) is 32.3 Å². The average Bonchev–Trinajstić information content (AvgIpc) is 2.99. The summed E-state index contributed by atoms with van der Waals surface area (Å²) in [6.45, 7) is 0.820. The number of ether oxygens (including phenoxy) is 2. The van der Waals surface area contributed by atoms with Crippen LogP contribution >= 0.6 is 11.6 Å². The SMILES string of the molecule is COc1ccc2c(c1OC)CC[C@H]2Nc1ccc(Cl)c(CN(C)C)c1. The van der Waals surface area contributed by atoms with Crippen LogP contribution in [-0.2, 0) is 13.0 Å². The molecule has 1 atom stereocenters. The van der Waals surface area contributed by atoms with Gasteiger partial charge in [-0.2, -0.15) is 0 Å². The molecule has 0 heterocycles. The maximum atomic E-state index is 6.33. The molecule has 1 N–H and O–H groups in total. The second-order valence-electron chi connectivity index (χ2n) is 6.65. The first-order valence-electron chi connectivity index (χ1n) is 8.47. The van der Waals surface area contributed by atoms with Gasteiger partial charge in [0.15, 0.2) is 11.5 Å². The van der Waals surface area contributed by atoms with Crippen molar-refractivity contribution in [3.63, 3.8) is 0 Å². The summed E-state index contributed by atoms with van der Waals surface area (Å²) < 4.78 is 11.0. The van der Waals surface area contributed by atoms with Crippen molar-refractivity contribution in [2.24, 2.45) is 0 Å². The van der Waals surface area contributed by atoms with E-state index in [9.17, 15) is 0 Å². The Morgan fingerprint density at radius 2 is 1.96 bits per heavy atom. The molecule has 0 saturated heterocycles. The lowest BCUT2D eigenvalue weighted by Crippen LogP contribution is -2.12. The van der Waals surface area contributed by atoms with Crippen LogP contribution in [0, 0.1) is 0 Å². The van der Waals surface area contributed by atoms with E-state index in [0.29, 0.717) is 0 Å². The van der Waals surface area contributed by atoms with E-state index in [1.54, 1.807) is 14.2 Å². The van der Waals surface area contributed by atoms with Crippen LogP contribution in [0.5, 0.6) is 11.5 Å². The Hall–Kier alpha value is -1.91. The summed E-state index contributed by atoms with van der Waals surface area (Å²) in [6.07, 6.45) is 2.01. The molecule has 3 rings (SSSR count). The Bertz CT molecular complexity index is 762. The molecule has 1 aliphatic carbocycles. The minimum Gasteiger partial charge on any atom is -0.493 e. The Kier molecular flexibility index (Phi) is 5.40. The third kappa shape index (κ3) is 3.70. The number of nitrogens with zero attached hydrogens (tertiary/aromatic N) is 1. The second kappa shape index (κ2) is 7.54. The predicted octanol–water partition coefficient (Wildman–Crippen LogP) is 4.52. The lowest BCUT2D eigenvalue weighted by molar-refractivity contribution is 0.352. The molecule has 134 valence electrons. The summed E-state index contributed by atoms with van der Waals surface area (Å²) in [5, 5.41) is 4.46. The van der Waals surface area contributed by atoms with Crippen LogP contribution in [-0.4, -0.2) is 33.2 Å². The molecule has 0 aliphatic heterocycles. The van der Waals surface area contributed by atoms with Crippen LogP contribution in [0.1, 0.15) is 29.2 Å². The number of methoxy groups -OCH3 is 2. The number of hydrogen-bond acceptors (Lipinski definition) is 4. The second-order valence-corrected chi connectivity index (χ2v) is 7.06. The highest BCUT2D eigenvalue weighted by Crippen LogP contribution is 2.43. The number of benzene rings is 2. The fraction of sp³-hybridized carbons (Fsp3) is 0.400. The number of hydrogen-bond donors (Lipinski definition) is 1. The standard InChI is InChI=1S/C20H25ClN2O2/c1-23(2)12-13-11-14(5-8-17(13)21)22-18-9-6-16-15(18)7-10-19(24-3)20(16)25-4/h5,7-8,10-11,18,22H,6,9,12H2,1-4H3/t18-/m1/s1. The largest absolute Gasteiger partial charge is 0.493 e. The molecule has 0 unspecified atom stereocenters. The summed E-state index contributed by atoms with van der Waals surface area (Å²) in [4.78, 5) is 2.12. The van der Waals surface area contributed by atoms with Gasteiger partial charge in [-0.1, -0.05) is 17.7 Å². The van der Waals surface area contributed by atoms with Crippen molar-refractivity contribution in [1.29, 1.82) is 0 Å². The summed E-state index contributed by atoms with van der Waals surface area (Å²) in [6, 6.07) is 10.5. The Morgan fingerprint density at radius 3 is 2.64 bits per heavy atom. The molecular weight excluding hydrogens is 336 g/mol. The van der Waals surface area contributed by atoms with Crippen molar-refractivity contribution in [2.45, 2.75) is 25.4 Å². The quantitative estimate of drug-likeness (QED) is 0.821. The highest BCUT2D eigenvalue weighted by atomic mass is 35.5. The first-order chi connectivity index (χ1) is 12.0. The van der Waals surface area contributed by atoms with E-state index < -0.39 is 0 Å². The third-order valence-electron chi connectivity index (χ3n) is 4.62. The molecule has 0 amide bonds. The minimum absolute atomic E-state index is 0.267. The van der Waals surface area contributed by atoms with Crippen LogP contribution in [0.15, 0.2) is 30.3 Å². The molecule has 0 saturated carbocycles. The zero-order chi connectivity index (χ0) is 18.0. The lowest BCUT2D eigenvalue weighted by atomic mass is 10.1. The highest BCUT2D eigenvalue weighted by Gasteiger charge is 2.27. The molecule has 2 aromatic rings. The van der Waals surface area contributed by atoms with Crippen molar-refractivity contribution in [1.82, 2.24) is 4.90 Å². The minimum atomic E-state index is 0.267. The van der Waals surface area contributed by atoms with Crippen molar-refractivity contribution < 1.29 is 9.47 Å². The fourth-order valence-electron chi connectivity index (χ4n) is 3.51. The van der Waals surface area contributed by atoms with Gasteiger partial charge < -0.3 is 19.7 Å². The number of anilines is 1. The van der Waals surface area contributed by atoms with E-state index in [4.69, 9.17) is 21.1 Å². The van der Waals surface area contributed by atoms with Crippen molar-refractivity contribution >= 4 is 17.3 Å². The molecule has 5 heteroatoms. The van der Waals surface area contributed by atoms with Gasteiger partial charge in [0.05, 0.1) is 20.3 Å². The van der Waals surface area contributed by atoms with E-state index >= 15 is 0 Å². The van der Waals surface area contributed by atoms with E-state index in [2.05, 4.69) is 22.3 Å². The maximum Gasteiger partial charge on any atom is 0.164 e. The predicted molar refractivity (Wildman–Crippen MR) is 103 cm³/mol. The summed E-state index contributed by atoms with van der Waals surface area (Å²) >= 11 is 6.33. The average molecular weight is 361 g/mol. The molecule has 1 aliphatic rings. The Labute approximate surface area is 154 Å². The smallest absolute Gasteiger partial charge is 0.164 e. The van der Waals surface area contributed by atoms with Gasteiger partial charge in [-0.15, -0.1) is 0 Å². The van der Waals surface area contributed by atoms with Crippen molar-refractivity contribution in [3.8, 4) is 11.5 Å². The lowest BCUT2D eigenvalue weighted by Gasteiger charge is -2.19. The van der Waals surface area contributed by atoms with Crippen LogP contribution in [0.3, 0.4) is 0 Å². The first-order valence-corrected chi connectivity index (χ1v) is 8.84. The molecule has 4 nitrogen and oxygen atoms in total. The van der Waals surface area contributed by atoms with E-state index in [0.717, 1.165) is 47.2 Å². The van der Waals surface area contributed by atoms with Gasteiger partial charge in [0.1, 0.15) is 0 Å². The van der Waals surface area contributed by atoms with Gasteiger partial charge in [-0.25, -0.2) is 0 Å². The monoisotopic (exact) mass is 360 g/mol. The molecular formula is C20H25ClN2O2. The zero-order valence-electron chi connectivity index (χ0n) is 15.2. The van der Waals surface area contributed by atoms with Gasteiger partial charge in [-0.3, -0.25) is 0 Å². The summed E-state index contributed by atoms with van der Waals surface area (Å²) in [5.41, 5.74) is 4.74. The third-order valence-corrected chi connectivity index (χ3v) is 4.98. The first kappa shape index (κ1) is 17.9. The Balaban J connectivity index is 1.85. The molecule has 0 radical (unpaired) electrons. The van der Waals surface area contributed by atoms with Crippen LogP contribution in [0.4, 0.5) is 5.69 Å². The number of nitrogens with one attached hydrogen (secondary N) is 1. The van der Waals surface area contributed by atoms with Gasteiger partial charge in [0, 0.05) is 22.8 Å². The summed E-state index contributed by atoms with van der Waals surface area (Å²) in [5.74, 6) is 1.65. The molecule has 0 spiro atoms. The zero-order valence-corrected chi connectivity index (χ0v) is 16.0. The molecule has 25 heavy (non-hydrogen) atoms. The molecule has 2 aromatic carbocycles. The number of rotatable bonds is 6. The number of fused-ring (bicyclic) bond motifs is 1. The van der Waals surface area contributed by atoms with Gasteiger partial charge >= 0.3 is 0 Å². The topological polar surface area (TPSA) is 33.7 Å².